The van der Waals surface area contributed by atoms with Crippen LogP contribution in [-0.4, -0.2) is 26.1 Å². The summed E-state index contributed by atoms with van der Waals surface area (Å²) in [6.45, 7) is 4.75. The Morgan fingerprint density at radius 1 is 1.19 bits per heavy atom. The molecule has 0 bridgehead atoms. The van der Waals surface area contributed by atoms with Crippen molar-refractivity contribution in [2.45, 2.75) is 19.8 Å². The molecule has 1 heterocycles. The third-order valence-electron chi connectivity index (χ3n) is 2.50. The minimum Gasteiger partial charge on any atom is -0.372 e. The summed E-state index contributed by atoms with van der Waals surface area (Å²) in [6, 6.07) is 10.1. The van der Waals surface area contributed by atoms with Crippen LogP contribution in [0.1, 0.15) is 12.5 Å². The molecule has 1 aromatic carbocycles. The fraction of sp³-hybridized carbons (Fsp3) is 0.538. The van der Waals surface area contributed by atoms with Crippen molar-refractivity contribution in [1.29, 1.82) is 0 Å². The highest BCUT2D eigenvalue weighted by Crippen LogP contribution is 2.11. The maximum absolute atomic E-state index is 5.54. The standard InChI is InChI=1S/C13H18O3/c1-11-7-15-13(16-8-11)10-14-9-12-5-3-2-4-6-12/h2-6,11,13H,7-10H2,1H3/t11-,13-. The zero-order chi connectivity index (χ0) is 11.2. The summed E-state index contributed by atoms with van der Waals surface area (Å²) in [5.41, 5.74) is 1.17. The van der Waals surface area contributed by atoms with E-state index in [0.29, 0.717) is 19.1 Å². The Morgan fingerprint density at radius 3 is 2.56 bits per heavy atom. The molecule has 0 aliphatic carbocycles. The zero-order valence-electron chi connectivity index (χ0n) is 9.59. The Morgan fingerprint density at radius 2 is 1.88 bits per heavy atom. The molecule has 3 nitrogen and oxygen atoms in total. The molecular weight excluding hydrogens is 204 g/mol. The molecular formula is C13H18O3. The quantitative estimate of drug-likeness (QED) is 0.781. The van der Waals surface area contributed by atoms with Crippen LogP contribution in [0.3, 0.4) is 0 Å². The Kier molecular flexibility index (Phi) is 4.34. The molecule has 0 aromatic heterocycles. The lowest BCUT2D eigenvalue weighted by Crippen LogP contribution is -2.33. The van der Waals surface area contributed by atoms with Gasteiger partial charge in [0.1, 0.15) is 0 Å². The molecule has 3 heteroatoms. The van der Waals surface area contributed by atoms with E-state index in [0.717, 1.165) is 13.2 Å². The molecule has 0 atom stereocenters. The minimum absolute atomic E-state index is 0.195. The lowest BCUT2D eigenvalue weighted by molar-refractivity contribution is -0.220. The van der Waals surface area contributed by atoms with Gasteiger partial charge in [0.2, 0.25) is 0 Å². The normalized spacial score (nSPS) is 25.6. The van der Waals surface area contributed by atoms with E-state index in [2.05, 4.69) is 6.92 Å². The first kappa shape index (κ1) is 11.6. The van der Waals surface area contributed by atoms with Crippen LogP contribution in [0.5, 0.6) is 0 Å². The largest absolute Gasteiger partial charge is 0.372 e. The fourth-order valence-corrected chi connectivity index (χ4v) is 1.58. The van der Waals surface area contributed by atoms with Crippen LogP contribution < -0.4 is 0 Å². The van der Waals surface area contributed by atoms with Crippen molar-refractivity contribution >= 4 is 0 Å². The average molecular weight is 222 g/mol. The van der Waals surface area contributed by atoms with Gasteiger partial charge in [0.05, 0.1) is 26.4 Å². The van der Waals surface area contributed by atoms with Crippen molar-refractivity contribution in [3.8, 4) is 0 Å². The Labute approximate surface area is 96.3 Å². The van der Waals surface area contributed by atoms with Gasteiger partial charge in [-0.25, -0.2) is 0 Å². The van der Waals surface area contributed by atoms with Gasteiger partial charge < -0.3 is 14.2 Å². The van der Waals surface area contributed by atoms with Crippen molar-refractivity contribution < 1.29 is 14.2 Å². The van der Waals surface area contributed by atoms with Gasteiger partial charge in [0.25, 0.3) is 0 Å². The maximum Gasteiger partial charge on any atom is 0.180 e. The molecule has 0 amide bonds. The van der Waals surface area contributed by atoms with Crippen LogP contribution in [0.25, 0.3) is 0 Å². The van der Waals surface area contributed by atoms with Crippen LogP contribution in [-0.2, 0) is 20.8 Å². The third-order valence-corrected chi connectivity index (χ3v) is 2.50. The van der Waals surface area contributed by atoms with Crippen LogP contribution in [0.15, 0.2) is 30.3 Å². The maximum atomic E-state index is 5.54. The van der Waals surface area contributed by atoms with Gasteiger partial charge in [-0.05, 0) is 5.56 Å². The molecule has 1 fully saturated rings. The fourth-order valence-electron chi connectivity index (χ4n) is 1.58. The Balaban J connectivity index is 1.65. The topological polar surface area (TPSA) is 27.7 Å². The molecule has 0 radical (unpaired) electrons. The highest BCUT2D eigenvalue weighted by Gasteiger charge is 2.18. The van der Waals surface area contributed by atoms with E-state index in [4.69, 9.17) is 14.2 Å². The van der Waals surface area contributed by atoms with Crippen molar-refractivity contribution in [3.63, 3.8) is 0 Å². The van der Waals surface area contributed by atoms with Crippen LogP contribution in [0.4, 0.5) is 0 Å². The number of ether oxygens (including phenoxy) is 3. The number of hydrogen-bond acceptors (Lipinski definition) is 3. The predicted octanol–water partition coefficient (Wildman–Crippen LogP) is 2.21. The second-order valence-electron chi connectivity index (χ2n) is 4.20. The van der Waals surface area contributed by atoms with E-state index < -0.39 is 0 Å². The number of benzene rings is 1. The second kappa shape index (κ2) is 5.99. The monoisotopic (exact) mass is 222 g/mol. The van der Waals surface area contributed by atoms with E-state index in [1.54, 1.807) is 0 Å². The highest BCUT2D eigenvalue weighted by molar-refractivity contribution is 5.13. The molecule has 0 N–H and O–H groups in total. The zero-order valence-corrected chi connectivity index (χ0v) is 9.59. The number of rotatable bonds is 4. The van der Waals surface area contributed by atoms with Crippen LogP contribution in [0.2, 0.25) is 0 Å². The van der Waals surface area contributed by atoms with Crippen molar-refractivity contribution in [2.24, 2.45) is 5.92 Å². The molecule has 0 spiro atoms. The van der Waals surface area contributed by atoms with Crippen molar-refractivity contribution in [2.75, 3.05) is 19.8 Å². The minimum atomic E-state index is -0.195. The Bertz CT molecular complexity index is 291. The molecule has 0 unspecified atom stereocenters. The first-order chi connectivity index (χ1) is 7.84. The molecule has 1 aromatic rings. The van der Waals surface area contributed by atoms with E-state index in [1.165, 1.54) is 5.56 Å². The van der Waals surface area contributed by atoms with E-state index >= 15 is 0 Å². The first-order valence-electron chi connectivity index (χ1n) is 5.69. The van der Waals surface area contributed by atoms with Crippen molar-refractivity contribution in [1.82, 2.24) is 0 Å². The number of hydrogen-bond donors (Lipinski definition) is 0. The van der Waals surface area contributed by atoms with E-state index in [-0.39, 0.29) is 6.29 Å². The molecule has 2 rings (SSSR count). The highest BCUT2D eigenvalue weighted by atomic mass is 16.7. The van der Waals surface area contributed by atoms with Gasteiger partial charge >= 0.3 is 0 Å². The molecule has 16 heavy (non-hydrogen) atoms. The van der Waals surface area contributed by atoms with Gasteiger partial charge in [0, 0.05) is 5.92 Å². The van der Waals surface area contributed by atoms with Crippen LogP contribution >= 0.6 is 0 Å². The summed E-state index contributed by atoms with van der Waals surface area (Å²) >= 11 is 0. The SMILES string of the molecule is C[C@H]1CO[C@H](COCc2ccccc2)OC1. The summed E-state index contributed by atoms with van der Waals surface area (Å²) in [7, 11) is 0. The van der Waals surface area contributed by atoms with Gasteiger partial charge in [0.15, 0.2) is 6.29 Å². The van der Waals surface area contributed by atoms with Crippen LogP contribution in [0, 0.1) is 5.92 Å². The molecule has 1 aliphatic rings. The van der Waals surface area contributed by atoms with Gasteiger partial charge in [-0.2, -0.15) is 0 Å². The molecule has 0 saturated carbocycles. The van der Waals surface area contributed by atoms with E-state index in [9.17, 15) is 0 Å². The summed E-state index contributed by atoms with van der Waals surface area (Å²) < 4.78 is 16.5. The first-order valence-corrected chi connectivity index (χ1v) is 5.69. The summed E-state index contributed by atoms with van der Waals surface area (Å²) in [4.78, 5) is 0. The second-order valence-corrected chi connectivity index (χ2v) is 4.20. The molecule has 1 saturated heterocycles. The van der Waals surface area contributed by atoms with E-state index in [1.807, 2.05) is 30.3 Å². The van der Waals surface area contributed by atoms with Crippen molar-refractivity contribution in [3.05, 3.63) is 35.9 Å². The third kappa shape index (κ3) is 3.59. The van der Waals surface area contributed by atoms with Gasteiger partial charge in [-0.3, -0.25) is 0 Å². The predicted molar refractivity (Wildman–Crippen MR) is 61.0 cm³/mol. The average Bonchev–Trinajstić information content (AvgIpc) is 2.33. The van der Waals surface area contributed by atoms with Gasteiger partial charge in [-0.15, -0.1) is 0 Å². The molecule has 88 valence electrons. The lowest BCUT2D eigenvalue weighted by Gasteiger charge is -2.27. The Hall–Kier alpha value is -0.900. The smallest absolute Gasteiger partial charge is 0.180 e. The molecule has 1 aliphatic heterocycles. The van der Waals surface area contributed by atoms with Gasteiger partial charge in [-0.1, -0.05) is 37.3 Å². The summed E-state index contributed by atoms with van der Waals surface area (Å²) in [5.74, 6) is 0.491. The summed E-state index contributed by atoms with van der Waals surface area (Å²) in [5, 5.41) is 0. The summed E-state index contributed by atoms with van der Waals surface area (Å²) in [6.07, 6.45) is -0.195. The lowest BCUT2D eigenvalue weighted by atomic mass is 10.2.